The fraction of sp³-hybridized carbons (Fsp3) is 0.0909. The van der Waals surface area contributed by atoms with Crippen molar-refractivity contribution in [2.24, 2.45) is 0 Å². The molecule has 0 aliphatic rings. The Morgan fingerprint density at radius 3 is 2.54 bits per heavy atom. The third-order valence-corrected chi connectivity index (χ3v) is 4.38. The molecule has 4 aromatic rings. The Hall–Kier alpha value is -3.67. The number of hydrogen-bond acceptors (Lipinski definition) is 4. The van der Waals surface area contributed by atoms with E-state index in [9.17, 15) is 14.0 Å². The van der Waals surface area contributed by atoms with E-state index in [4.69, 9.17) is 8.83 Å². The van der Waals surface area contributed by atoms with Crippen LogP contribution in [0.15, 0.2) is 86.6 Å². The summed E-state index contributed by atoms with van der Waals surface area (Å²) in [6.07, 6.45) is 1.50. The van der Waals surface area contributed by atoms with Gasteiger partial charge in [-0.3, -0.25) is 9.59 Å². The zero-order chi connectivity index (χ0) is 19.5. The Morgan fingerprint density at radius 2 is 1.75 bits per heavy atom. The van der Waals surface area contributed by atoms with Gasteiger partial charge in [0.25, 0.3) is 5.91 Å². The van der Waals surface area contributed by atoms with E-state index in [-0.39, 0.29) is 24.3 Å². The first-order chi connectivity index (χ1) is 13.6. The van der Waals surface area contributed by atoms with Crippen molar-refractivity contribution >= 4 is 16.9 Å². The minimum absolute atomic E-state index is 0.00272. The van der Waals surface area contributed by atoms with Crippen LogP contribution in [0.1, 0.15) is 21.9 Å². The number of carbonyl (C=O) groups is 1. The van der Waals surface area contributed by atoms with Gasteiger partial charge in [0.1, 0.15) is 17.2 Å². The van der Waals surface area contributed by atoms with E-state index >= 15 is 0 Å². The van der Waals surface area contributed by atoms with Crippen molar-refractivity contribution < 1.29 is 18.0 Å². The van der Waals surface area contributed by atoms with Crippen molar-refractivity contribution in [3.05, 3.63) is 106 Å². The number of amides is 1. The van der Waals surface area contributed by atoms with Gasteiger partial charge in [-0.1, -0.05) is 30.3 Å². The zero-order valence-electron chi connectivity index (χ0n) is 14.8. The number of halogens is 1. The average Bonchev–Trinajstić information content (AvgIpc) is 3.22. The van der Waals surface area contributed by atoms with E-state index in [0.717, 1.165) is 0 Å². The van der Waals surface area contributed by atoms with Crippen LogP contribution in [0.5, 0.6) is 0 Å². The Bertz CT molecular complexity index is 1180. The average molecular weight is 377 g/mol. The fourth-order valence-corrected chi connectivity index (χ4v) is 2.99. The first-order valence-corrected chi connectivity index (χ1v) is 8.70. The maximum absolute atomic E-state index is 14.1. The minimum atomic E-state index is -0.525. The van der Waals surface area contributed by atoms with Crippen LogP contribution < -0.4 is 5.43 Å². The van der Waals surface area contributed by atoms with Crippen molar-refractivity contribution in [2.45, 2.75) is 13.1 Å². The number of carbonyl (C=O) groups excluding carboxylic acids is 1. The monoisotopic (exact) mass is 377 g/mol. The van der Waals surface area contributed by atoms with Crippen LogP contribution in [0.3, 0.4) is 0 Å². The first kappa shape index (κ1) is 17.7. The highest BCUT2D eigenvalue weighted by atomic mass is 19.1. The molecule has 0 bridgehead atoms. The number of rotatable bonds is 5. The molecule has 0 unspecified atom stereocenters. The molecule has 1 amide bonds. The van der Waals surface area contributed by atoms with Crippen LogP contribution in [-0.2, 0) is 13.1 Å². The van der Waals surface area contributed by atoms with E-state index in [1.165, 1.54) is 23.3 Å². The molecule has 0 atom stereocenters. The summed E-state index contributed by atoms with van der Waals surface area (Å²) in [5, 5.41) is 0.394. The quantitative estimate of drug-likeness (QED) is 0.518. The molecule has 140 valence electrons. The summed E-state index contributed by atoms with van der Waals surface area (Å²) >= 11 is 0. The van der Waals surface area contributed by atoms with Crippen molar-refractivity contribution in [2.75, 3.05) is 0 Å². The normalized spacial score (nSPS) is 10.9. The molecule has 2 aromatic carbocycles. The van der Waals surface area contributed by atoms with E-state index < -0.39 is 11.7 Å². The van der Waals surface area contributed by atoms with Crippen LogP contribution in [0.4, 0.5) is 4.39 Å². The molecule has 0 N–H and O–H groups in total. The topological polar surface area (TPSA) is 63.7 Å². The van der Waals surface area contributed by atoms with Crippen molar-refractivity contribution in [3.8, 4) is 0 Å². The molecule has 5 nitrogen and oxygen atoms in total. The second-order valence-corrected chi connectivity index (χ2v) is 6.30. The van der Waals surface area contributed by atoms with Crippen LogP contribution in [-0.4, -0.2) is 10.8 Å². The molecule has 28 heavy (non-hydrogen) atoms. The van der Waals surface area contributed by atoms with Gasteiger partial charge in [0.15, 0.2) is 11.2 Å². The second-order valence-electron chi connectivity index (χ2n) is 6.30. The molecule has 0 aliphatic heterocycles. The fourth-order valence-electron chi connectivity index (χ4n) is 2.99. The molecule has 0 spiro atoms. The van der Waals surface area contributed by atoms with Gasteiger partial charge in [-0.25, -0.2) is 4.39 Å². The number of fused-ring (bicyclic) bond motifs is 1. The SMILES string of the molecule is O=C(c1cc(=O)c2ccccc2o1)N(Cc1ccco1)Cc1ccccc1F. The number of benzene rings is 2. The number of nitrogens with zero attached hydrogens (tertiary/aromatic N) is 1. The van der Waals surface area contributed by atoms with Crippen LogP contribution >= 0.6 is 0 Å². The van der Waals surface area contributed by atoms with Gasteiger partial charge < -0.3 is 13.7 Å². The van der Waals surface area contributed by atoms with E-state index in [1.807, 2.05) is 0 Å². The van der Waals surface area contributed by atoms with E-state index in [0.29, 0.717) is 22.3 Å². The third kappa shape index (κ3) is 3.57. The third-order valence-electron chi connectivity index (χ3n) is 4.38. The highest BCUT2D eigenvalue weighted by Gasteiger charge is 2.22. The standard InChI is InChI=1S/C22H16FNO4/c23-18-9-3-1-6-15(18)13-24(14-16-7-5-11-27-16)22(26)21-12-19(25)17-8-2-4-10-20(17)28-21/h1-12H,13-14H2. The lowest BCUT2D eigenvalue weighted by atomic mass is 10.1. The summed E-state index contributed by atoms with van der Waals surface area (Å²) in [5.41, 5.74) is 0.363. The predicted octanol–water partition coefficient (Wildman–Crippen LogP) is 4.37. The zero-order valence-corrected chi connectivity index (χ0v) is 14.8. The number of furan rings is 1. The summed E-state index contributed by atoms with van der Waals surface area (Å²) in [7, 11) is 0. The van der Waals surface area contributed by atoms with E-state index in [2.05, 4.69) is 0 Å². The molecule has 2 aromatic heterocycles. The molecule has 0 radical (unpaired) electrons. The maximum atomic E-state index is 14.1. The lowest BCUT2D eigenvalue weighted by molar-refractivity contribution is 0.0684. The van der Waals surface area contributed by atoms with Crippen molar-refractivity contribution in [3.63, 3.8) is 0 Å². The van der Waals surface area contributed by atoms with Gasteiger partial charge in [0.2, 0.25) is 0 Å². The van der Waals surface area contributed by atoms with Crippen LogP contribution in [0.25, 0.3) is 11.0 Å². The Labute approximate surface area is 159 Å². The summed E-state index contributed by atoms with van der Waals surface area (Å²) < 4.78 is 25.1. The van der Waals surface area contributed by atoms with Gasteiger partial charge in [-0.15, -0.1) is 0 Å². The van der Waals surface area contributed by atoms with Gasteiger partial charge >= 0.3 is 0 Å². The smallest absolute Gasteiger partial charge is 0.290 e. The summed E-state index contributed by atoms with van der Waals surface area (Å²) in [6, 6.07) is 17.5. The van der Waals surface area contributed by atoms with Gasteiger partial charge in [0, 0.05) is 18.2 Å². The second kappa shape index (κ2) is 7.52. The summed E-state index contributed by atoms with van der Waals surface area (Å²) in [5.74, 6) is -0.512. The lowest BCUT2D eigenvalue weighted by Gasteiger charge is -2.21. The van der Waals surface area contributed by atoms with Crippen LogP contribution in [0.2, 0.25) is 0 Å². The largest absolute Gasteiger partial charge is 0.467 e. The minimum Gasteiger partial charge on any atom is -0.467 e. The molecular weight excluding hydrogens is 361 g/mol. The molecule has 0 fully saturated rings. The lowest BCUT2D eigenvalue weighted by Crippen LogP contribution is -2.31. The molecule has 0 aliphatic carbocycles. The molecule has 6 heteroatoms. The highest BCUT2D eigenvalue weighted by Crippen LogP contribution is 2.18. The first-order valence-electron chi connectivity index (χ1n) is 8.70. The summed E-state index contributed by atoms with van der Waals surface area (Å²) in [4.78, 5) is 26.8. The molecule has 4 rings (SSSR count). The van der Waals surface area contributed by atoms with Gasteiger partial charge in [0.05, 0.1) is 18.2 Å². The summed E-state index contributed by atoms with van der Waals surface area (Å²) in [6.45, 7) is 0.111. The predicted molar refractivity (Wildman–Crippen MR) is 101 cm³/mol. The van der Waals surface area contributed by atoms with Crippen molar-refractivity contribution in [1.82, 2.24) is 4.90 Å². The van der Waals surface area contributed by atoms with Crippen LogP contribution in [0, 0.1) is 5.82 Å². The van der Waals surface area contributed by atoms with Gasteiger partial charge in [-0.2, -0.15) is 0 Å². The number of para-hydroxylation sites is 1. The molecule has 0 saturated heterocycles. The maximum Gasteiger partial charge on any atom is 0.290 e. The molecular formula is C22H16FNO4. The molecule has 0 saturated carbocycles. The molecule has 2 heterocycles. The Balaban J connectivity index is 1.72. The van der Waals surface area contributed by atoms with E-state index in [1.54, 1.807) is 54.6 Å². The highest BCUT2D eigenvalue weighted by molar-refractivity contribution is 5.93. The Morgan fingerprint density at radius 1 is 0.964 bits per heavy atom. The number of hydrogen-bond donors (Lipinski definition) is 0. The van der Waals surface area contributed by atoms with Gasteiger partial charge in [-0.05, 0) is 30.3 Å². The van der Waals surface area contributed by atoms with Crippen molar-refractivity contribution in [1.29, 1.82) is 0 Å². The Kier molecular flexibility index (Phi) is 4.76.